The van der Waals surface area contributed by atoms with Crippen molar-refractivity contribution in [2.45, 2.75) is 0 Å². The van der Waals surface area contributed by atoms with E-state index in [0.717, 1.165) is 83.2 Å². The van der Waals surface area contributed by atoms with Crippen LogP contribution in [0.15, 0.2) is 206 Å². The fourth-order valence-corrected chi connectivity index (χ4v) is 8.14. The number of nitrogens with zero attached hydrogens (tertiary/aromatic N) is 4. The molecule has 4 nitrogen and oxygen atoms in total. The second-order valence-electron chi connectivity index (χ2n) is 14.5. The molecule has 0 amide bonds. The molecule has 0 aliphatic carbocycles. The van der Waals surface area contributed by atoms with Crippen LogP contribution < -0.4 is 0 Å². The van der Waals surface area contributed by atoms with Gasteiger partial charge in [0.15, 0.2) is 5.82 Å². The minimum absolute atomic E-state index is 0.687. The lowest BCUT2D eigenvalue weighted by molar-refractivity contribution is 0.918. The van der Waals surface area contributed by atoms with Gasteiger partial charge in [-0.2, -0.15) is 5.10 Å². The largest absolute Gasteiger partial charge is 0.232 e. The van der Waals surface area contributed by atoms with Gasteiger partial charge >= 0.3 is 0 Å². The van der Waals surface area contributed by atoms with E-state index < -0.39 is 0 Å². The Hall–Kier alpha value is -7.69. The maximum Gasteiger partial charge on any atom is 0.160 e. The minimum atomic E-state index is 0.687. The van der Waals surface area contributed by atoms with Crippen LogP contribution in [0.5, 0.6) is 0 Å². The fraction of sp³-hybridized carbons (Fsp3) is 0. The first-order chi connectivity index (χ1) is 28.2. The van der Waals surface area contributed by atoms with Gasteiger partial charge in [-0.3, -0.25) is 0 Å². The van der Waals surface area contributed by atoms with Crippen molar-refractivity contribution in [1.82, 2.24) is 19.7 Å². The Morgan fingerprint density at radius 3 is 1.51 bits per heavy atom. The molecule has 0 saturated carbocycles. The highest BCUT2D eigenvalue weighted by Gasteiger charge is 2.22. The summed E-state index contributed by atoms with van der Waals surface area (Å²) in [6.45, 7) is 0. The number of benzene rings is 9. The Kier molecular flexibility index (Phi) is 7.78. The van der Waals surface area contributed by atoms with E-state index in [1.165, 1.54) is 16.2 Å². The van der Waals surface area contributed by atoms with Crippen LogP contribution in [0.1, 0.15) is 0 Å². The van der Waals surface area contributed by atoms with Crippen LogP contribution in [-0.4, -0.2) is 19.7 Å². The molecule has 57 heavy (non-hydrogen) atoms. The van der Waals surface area contributed by atoms with E-state index in [4.69, 9.17) is 15.1 Å². The molecule has 0 saturated heterocycles. The van der Waals surface area contributed by atoms with Crippen LogP contribution in [0, 0.1) is 0 Å². The highest BCUT2D eigenvalue weighted by atomic mass is 15.3. The summed E-state index contributed by atoms with van der Waals surface area (Å²) in [7, 11) is 0. The maximum absolute atomic E-state index is 5.42. The summed E-state index contributed by atoms with van der Waals surface area (Å²) in [5, 5.41) is 13.5. The Bertz CT molecular complexity index is 3180. The zero-order valence-corrected chi connectivity index (χ0v) is 30.9. The van der Waals surface area contributed by atoms with E-state index in [-0.39, 0.29) is 0 Å². The average Bonchev–Trinajstić information content (AvgIpc) is 3.70. The van der Waals surface area contributed by atoms with E-state index in [9.17, 15) is 0 Å². The SMILES string of the molecule is c1ccc(-c2cc3ccc(-c4cc(-c5ccc6ccccc6c5)nc(-c5ccc6ccccc6c5)n4)cc3c3c2c(-c2ccccc2)nn3-c2ccccc2)cc1. The van der Waals surface area contributed by atoms with Gasteiger partial charge in [0.2, 0.25) is 0 Å². The molecule has 2 heterocycles. The molecule has 4 heteroatoms. The predicted molar refractivity (Wildman–Crippen MR) is 236 cm³/mol. The highest BCUT2D eigenvalue weighted by Crippen LogP contribution is 2.43. The maximum atomic E-state index is 5.42. The van der Waals surface area contributed by atoms with E-state index in [1.807, 2.05) is 6.07 Å². The number of fused-ring (bicyclic) bond motifs is 5. The smallest absolute Gasteiger partial charge is 0.160 e. The van der Waals surface area contributed by atoms with Gasteiger partial charge in [0.25, 0.3) is 0 Å². The van der Waals surface area contributed by atoms with E-state index >= 15 is 0 Å². The topological polar surface area (TPSA) is 43.6 Å². The molecule has 266 valence electrons. The summed E-state index contributed by atoms with van der Waals surface area (Å²) < 4.78 is 2.12. The van der Waals surface area contributed by atoms with Crippen molar-refractivity contribution >= 4 is 43.2 Å². The third-order valence-corrected chi connectivity index (χ3v) is 11.0. The standard InChI is InChI=1S/C53H34N4/c1-4-16-37(17-5-1)46-32-41-26-28-43(33-47(41)52-50(46)51(38-18-6-2-7-19-38)56-57(52)45-22-8-3-9-23-45)49-34-48(42-27-24-35-14-10-12-20-39(35)30-42)54-53(55-49)44-29-25-36-15-11-13-21-40(36)31-44/h1-34H. The number of para-hydroxylation sites is 1. The quantitative estimate of drug-likeness (QED) is 0.171. The van der Waals surface area contributed by atoms with Crippen molar-refractivity contribution in [1.29, 1.82) is 0 Å². The third-order valence-electron chi connectivity index (χ3n) is 11.0. The third kappa shape index (κ3) is 5.83. The molecule has 0 fully saturated rings. The Labute approximate surface area is 330 Å². The van der Waals surface area contributed by atoms with Crippen LogP contribution in [0.2, 0.25) is 0 Å². The van der Waals surface area contributed by atoms with Crippen molar-refractivity contribution in [2.75, 3.05) is 0 Å². The summed E-state index contributed by atoms with van der Waals surface area (Å²) in [6.07, 6.45) is 0. The van der Waals surface area contributed by atoms with Crippen molar-refractivity contribution in [3.8, 4) is 62.0 Å². The van der Waals surface area contributed by atoms with Crippen molar-refractivity contribution < 1.29 is 0 Å². The van der Waals surface area contributed by atoms with Gasteiger partial charge in [0.05, 0.1) is 22.6 Å². The second kappa shape index (κ2) is 13.6. The van der Waals surface area contributed by atoms with Gasteiger partial charge in [-0.15, -0.1) is 0 Å². The molecule has 11 rings (SSSR count). The van der Waals surface area contributed by atoms with Gasteiger partial charge in [-0.25, -0.2) is 14.6 Å². The summed E-state index contributed by atoms with van der Waals surface area (Å²) in [5.41, 5.74) is 11.1. The first-order valence-corrected chi connectivity index (χ1v) is 19.3. The Balaban J connectivity index is 1.19. The molecule has 9 aromatic carbocycles. The highest BCUT2D eigenvalue weighted by molar-refractivity contribution is 6.18. The minimum Gasteiger partial charge on any atom is -0.232 e. The van der Waals surface area contributed by atoms with Gasteiger partial charge in [0.1, 0.15) is 5.69 Å². The van der Waals surface area contributed by atoms with Crippen LogP contribution in [0.25, 0.3) is 105 Å². The zero-order valence-electron chi connectivity index (χ0n) is 30.9. The van der Waals surface area contributed by atoms with Crippen molar-refractivity contribution in [2.24, 2.45) is 0 Å². The van der Waals surface area contributed by atoms with Crippen LogP contribution >= 0.6 is 0 Å². The molecule has 11 aromatic rings. The molecule has 0 unspecified atom stereocenters. The first kappa shape index (κ1) is 32.7. The average molecular weight is 727 g/mol. The van der Waals surface area contributed by atoms with Crippen molar-refractivity contribution in [3.05, 3.63) is 206 Å². The summed E-state index contributed by atoms with van der Waals surface area (Å²) in [5.74, 6) is 0.687. The number of hydrogen-bond acceptors (Lipinski definition) is 3. The molecule has 0 N–H and O–H groups in total. The van der Waals surface area contributed by atoms with Gasteiger partial charge in [0, 0.05) is 33.0 Å². The van der Waals surface area contributed by atoms with E-state index in [1.54, 1.807) is 0 Å². The fourth-order valence-electron chi connectivity index (χ4n) is 8.14. The molecule has 0 spiro atoms. The number of rotatable bonds is 6. The zero-order chi connectivity index (χ0) is 37.7. The van der Waals surface area contributed by atoms with Gasteiger partial charge in [-0.05, 0) is 80.5 Å². The summed E-state index contributed by atoms with van der Waals surface area (Å²) in [4.78, 5) is 10.6. The second-order valence-corrected chi connectivity index (χ2v) is 14.5. The first-order valence-electron chi connectivity index (χ1n) is 19.3. The van der Waals surface area contributed by atoms with E-state index in [0.29, 0.717) is 5.82 Å². The summed E-state index contributed by atoms with van der Waals surface area (Å²) in [6, 6.07) is 72.7. The molecule has 0 radical (unpaired) electrons. The molecule has 0 aliphatic heterocycles. The van der Waals surface area contributed by atoms with Gasteiger partial charge in [-0.1, -0.05) is 164 Å². The van der Waals surface area contributed by atoms with E-state index in [2.05, 4.69) is 205 Å². The predicted octanol–water partition coefficient (Wildman–Crippen LogP) is 13.6. The molecule has 0 aliphatic rings. The molecule has 2 aromatic heterocycles. The van der Waals surface area contributed by atoms with Crippen LogP contribution in [0.4, 0.5) is 0 Å². The van der Waals surface area contributed by atoms with Crippen LogP contribution in [-0.2, 0) is 0 Å². The normalized spacial score (nSPS) is 11.5. The molecular formula is C53H34N4. The Morgan fingerprint density at radius 2 is 0.860 bits per heavy atom. The lowest BCUT2D eigenvalue weighted by Gasteiger charge is -2.14. The monoisotopic (exact) mass is 726 g/mol. The number of aromatic nitrogens is 4. The van der Waals surface area contributed by atoms with Crippen LogP contribution in [0.3, 0.4) is 0 Å². The summed E-state index contributed by atoms with van der Waals surface area (Å²) >= 11 is 0. The molecule has 0 atom stereocenters. The van der Waals surface area contributed by atoms with Gasteiger partial charge < -0.3 is 0 Å². The lowest BCUT2D eigenvalue weighted by atomic mass is 9.92. The Morgan fingerprint density at radius 1 is 0.351 bits per heavy atom. The lowest BCUT2D eigenvalue weighted by Crippen LogP contribution is -1.98. The molecule has 0 bridgehead atoms. The number of hydrogen-bond donors (Lipinski definition) is 0. The molecular weight excluding hydrogens is 693 g/mol. The van der Waals surface area contributed by atoms with Crippen molar-refractivity contribution in [3.63, 3.8) is 0 Å².